The molecule has 1 aliphatic heterocycles. The number of rotatable bonds is 10. The summed E-state index contributed by atoms with van der Waals surface area (Å²) in [6.07, 6.45) is 2.20. The Labute approximate surface area is 240 Å². The van der Waals surface area contributed by atoms with Gasteiger partial charge >= 0.3 is 13.3 Å². The smallest absolute Gasteiger partial charge is 0.387 e. The van der Waals surface area contributed by atoms with Crippen molar-refractivity contribution in [3.8, 4) is 5.75 Å². The Morgan fingerprint density at radius 3 is 2.29 bits per heavy atom. The van der Waals surface area contributed by atoms with Gasteiger partial charge in [-0.05, 0) is 61.4 Å². The molecule has 1 saturated heterocycles. The molecule has 1 unspecified atom stereocenters. The van der Waals surface area contributed by atoms with Crippen LogP contribution >= 0.6 is 11.6 Å². The van der Waals surface area contributed by atoms with E-state index >= 15 is 0 Å². The third kappa shape index (κ3) is 11.0. The first-order valence-corrected chi connectivity index (χ1v) is 13.2. The first-order chi connectivity index (χ1) is 19.3. The van der Waals surface area contributed by atoms with Gasteiger partial charge in [0.25, 0.3) is 11.8 Å². The Balaban J connectivity index is 0.00000138. The molecule has 2 heterocycles. The number of hydrogen-bond donors (Lipinski definition) is 1. The molecule has 8 nitrogen and oxygen atoms in total. The lowest BCUT2D eigenvalue weighted by atomic mass is 9.92. The molecule has 3 rings (SSSR count). The predicted octanol–water partition coefficient (Wildman–Crippen LogP) is 5.41. The number of aliphatic hydroxyl groups excluding tert-OH is 1. The number of amides is 2. The zero-order chi connectivity index (χ0) is 30.7. The van der Waals surface area contributed by atoms with Crippen molar-refractivity contribution in [2.75, 3.05) is 45.7 Å². The quantitative estimate of drug-likeness (QED) is 0.287. The maximum absolute atomic E-state index is 12.6. The van der Waals surface area contributed by atoms with Crippen LogP contribution in [0.1, 0.15) is 47.7 Å². The van der Waals surface area contributed by atoms with Gasteiger partial charge in [0.1, 0.15) is 16.7 Å². The number of piperidine rings is 1. The molecule has 1 atom stereocenters. The molecule has 1 aliphatic rings. The van der Waals surface area contributed by atoms with E-state index in [1.807, 2.05) is 6.07 Å². The lowest BCUT2D eigenvalue weighted by Gasteiger charge is -2.33. The van der Waals surface area contributed by atoms with Crippen LogP contribution in [0.4, 0.5) is 27.8 Å². The van der Waals surface area contributed by atoms with Gasteiger partial charge in [-0.15, -0.1) is 0 Å². The van der Waals surface area contributed by atoms with E-state index in [4.69, 9.17) is 11.6 Å². The zero-order valence-electron chi connectivity index (χ0n) is 23.0. The van der Waals surface area contributed by atoms with E-state index in [1.165, 1.54) is 34.1 Å². The van der Waals surface area contributed by atoms with Crippen LogP contribution in [0, 0.1) is 5.92 Å². The highest BCUT2D eigenvalue weighted by atomic mass is 35.5. The van der Waals surface area contributed by atoms with Crippen molar-refractivity contribution in [1.29, 1.82) is 0 Å². The summed E-state index contributed by atoms with van der Waals surface area (Å²) in [4.78, 5) is 34.3. The number of anilines is 1. The van der Waals surface area contributed by atoms with Gasteiger partial charge in [0.2, 0.25) is 0 Å². The number of pyridine rings is 1. The van der Waals surface area contributed by atoms with E-state index in [9.17, 15) is 36.6 Å². The number of benzene rings is 1. The van der Waals surface area contributed by atoms with Crippen molar-refractivity contribution in [3.05, 3.63) is 52.7 Å². The van der Waals surface area contributed by atoms with Crippen LogP contribution in [-0.2, 0) is 4.79 Å². The lowest BCUT2D eigenvalue weighted by Crippen LogP contribution is -2.35. The molecule has 1 aromatic carbocycles. The summed E-state index contributed by atoms with van der Waals surface area (Å²) in [5, 5.41) is 10.6. The summed E-state index contributed by atoms with van der Waals surface area (Å²) in [6.45, 7) is -4.54. The minimum atomic E-state index is -3.67. The Bertz CT molecular complexity index is 1130. The van der Waals surface area contributed by atoms with Crippen molar-refractivity contribution in [3.63, 3.8) is 0 Å². The Morgan fingerprint density at radius 1 is 1.10 bits per heavy atom. The fourth-order valence-electron chi connectivity index (χ4n) is 4.39. The zero-order valence-corrected chi connectivity index (χ0v) is 23.7. The highest BCUT2D eigenvalue weighted by Gasteiger charge is 2.24. The maximum atomic E-state index is 12.6. The molecule has 0 aliphatic carbocycles. The molecule has 1 N–H and O–H groups in total. The summed E-state index contributed by atoms with van der Waals surface area (Å²) >= 11 is 6.26. The Hall–Kier alpha value is -3.19. The highest BCUT2D eigenvalue weighted by molar-refractivity contribution is 6.32. The molecule has 2 aromatic rings. The van der Waals surface area contributed by atoms with E-state index in [0.29, 0.717) is 18.0 Å². The fourth-order valence-corrected chi connectivity index (χ4v) is 4.62. The number of carbonyl (C=O) groups is 2. The number of nitrogens with zero attached hydrogens (tertiary/aromatic N) is 4. The number of hydrogen-bond acceptors (Lipinski definition) is 6. The largest absolute Gasteiger partial charge is 0.435 e. The normalized spacial score (nSPS) is 14.4. The number of carbonyl (C=O) groups excluding carboxylic acids is 2. The molecule has 0 spiro atoms. The summed E-state index contributed by atoms with van der Waals surface area (Å²) in [5.74, 6) is 0.457. The second kappa shape index (κ2) is 16.3. The van der Waals surface area contributed by atoms with Crippen molar-refractivity contribution in [2.24, 2.45) is 5.92 Å². The Morgan fingerprint density at radius 2 is 1.73 bits per heavy atom. The van der Waals surface area contributed by atoms with Crippen molar-refractivity contribution < 1.29 is 41.4 Å². The average molecular weight is 609 g/mol. The summed E-state index contributed by atoms with van der Waals surface area (Å²) in [7, 11) is 4.95. The molecule has 0 saturated carbocycles. The maximum Gasteiger partial charge on any atom is 0.387 e. The van der Waals surface area contributed by atoms with E-state index in [2.05, 4.69) is 14.6 Å². The lowest BCUT2D eigenvalue weighted by molar-refractivity contribution is -0.139. The average Bonchev–Trinajstić information content (AvgIpc) is 2.91. The minimum Gasteiger partial charge on any atom is -0.435 e. The van der Waals surface area contributed by atoms with Gasteiger partial charge in [0.05, 0.1) is 5.56 Å². The van der Waals surface area contributed by atoms with Crippen LogP contribution in [0.3, 0.4) is 0 Å². The molecular weight excluding hydrogens is 575 g/mol. The van der Waals surface area contributed by atoms with Gasteiger partial charge in [-0.2, -0.15) is 22.0 Å². The second-order valence-electron chi connectivity index (χ2n) is 9.64. The Kier molecular flexibility index (Phi) is 13.5. The van der Waals surface area contributed by atoms with Crippen molar-refractivity contribution >= 4 is 29.2 Å². The number of aromatic nitrogens is 1. The monoisotopic (exact) mass is 608 g/mol. The molecular formula is C27H34ClF5N4O4. The summed E-state index contributed by atoms with van der Waals surface area (Å²) in [5.41, 5.74) is 0.582. The van der Waals surface area contributed by atoms with Crippen molar-refractivity contribution in [1.82, 2.24) is 14.8 Å². The third-order valence-corrected chi connectivity index (χ3v) is 6.81. The molecule has 2 amide bonds. The molecule has 41 heavy (non-hydrogen) atoms. The van der Waals surface area contributed by atoms with E-state index < -0.39 is 25.3 Å². The molecule has 14 heteroatoms. The predicted molar refractivity (Wildman–Crippen MR) is 144 cm³/mol. The standard InChI is InChI=1S/C26H33ClF2N4O4.CHF3/c1-31(2)24(35)20-9-10-21(30-23(20)27)33-14-11-17(12-15-33)6-5-13-32(3)25(36)22(34)18-7-4-8-19(16-18)37-26(28)29;2-1(3)4/h4,7-10,16-17,22,26,34H,5-6,11-15H2,1-3H3;1H. The number of alkyl halides is 5. The number of likely N-dealkylation sites (N-methyl/N-ethyl adjacent to an activating group) is 1. The SMILES string of the molecule is CN(C)C(=O)c1ccc(N2CCC(CCCN(C)C(=O)C(O)c3cccc(OC(F)F)c3)CC2)nc1Cl.FC(F)F. The van der Waals surface area contributed by atoms with E-state index in [0.717, 1.165) is 44.6 Å². The minimum absolute atomic E-state index is 0.108. The summed E-state index contributed by atoms with van der Waals surface area (Å²) in [6, 6.07) is 9.07. The van der Waals surface area contributed by atoms with Gasteiger partial charge in [-0.25, -0.2) is 4.98 Å². The first kappa shape index (κ1) is 34.0. The number of ether oxygens (including phenoxy) is 1. The van der Waals surface area contributed by atoms with E-state index in [1.54, 1.807) is 27.2 Å². The van der Waals surface area contributed by atoms with Gasteiger partial charge in [-0.3, -0.25) is 9.59 Å². The fraction of sp³-hybridized carbons (Fsp3) is 0.519. The number of aliphatic hydroxyl groups is 1. The van der Waals surface area contributed by atoms with Crippen LogP contribution in [0.5, 0.6) is 5.75 Å². The van der Waals surface area contributed by atoms with Gasteiger partial charge in [-0.1, -0.05) is 23.7 Å². The van der Waals surface area contributed by atoms with E-state index in [-0.39, 0.29) is 22.4 Å². The van der Waals surface area contributed by atoms with Gasteiger partial charge in [0.15, 0.2) is 6.10 Å². The molecule has 228 valence electrons. The van der Waals surface area contributed by atoms with Crippen LogP contribution < -0.4 is 9.64 Å². The van der Waals surface area contributed by atoms with Crippen LogP contribution in [-0.4, -0.2) is 85.8 Å². The van der Waals surface area contributed by atoms with Gasteiger partial charge in [0, 0.05) is 40.8 Å². The third-order valence-electron chi connectivity index (χ3n) is 6.52. The van der Waals surface area contributed by atoms with Crippen LogP contribution in [0.15, 0.2) is 36.4 Å². The first-order valence-electron chi connectivity index (χ1n) is 12.8. The topological polar surface area (TPSA) is 86.2 Å². The van der Waals surface area contributed by atoms with Crippen LogP contribution in [0.25, 0.3) is 0 Å². The van der Waals surface area contributed by atoms with Crippen molar-refractivity contribution in [2.45, 2.75) is 45.1 Å². The highest BCUT2D eigenvalue weighted by Crippen LogP contribution is 2.28. The summed E-state index contributed by atoms with van der Waals surface area (Å²) < 4.78 is 58.2. The number of halogens is 6. The molecule has 1 aromatic heterocycles. The van der Waals surface area contributed by atoms with Crippen LogP contribution in [0.2, 0.25) is 5.15 Å². The molecule has 0 radical (unpaired) electrons. The second-order valence-corrected chi connectivity index (χ2v) is 10.00. The molecule has 0 bridgehead atoms. The molecule has 1 fully saturated rings. The van der Waals surface area contributed by atoms with Gasteiger partial charge < -0.3 is 24.5 Å².